The smallest absolute Gasteiger partial charge is 0.330 e. The standard InChI is InChI=1S/C20H24O4/c1-16(2)14-22-20(21)10-8-6-4-3-5-7-9-17-11-12-18-19(13-17)24-15-23-18/h4,6-13,16H,3,5,14-15H2,1-2H3. The Labute approximate surface area is 143 Å². The lowest BCUT2D eigenvalue weighted by atomic mass is 10.1. The van der Waals surface area contributed by atoms with E-state index < -0.39 is 0 Å². The Morgan fingerprint density at radius 1 is 1.17 bits per heavy atom. The molecule has 2 rings (SSSR count). The zero-order valence-corrected chi connectivity index (χ0v) is 14.2. The Kier molecular flexibility index (Phi) is 7.15. The molecular weight excluding hydrogens is 304 g/mol. The zero-order valence-electron chi connectivity index (χ0n) is 14.2. The average molecular weight is 328 g/mol. The van der Waals surface area contributed by atoms with E-state index >= 15 is 0 Å². The summed E-state index contributed by atoms with van der Waals surface area (Å²) in [4.78, 5) is 11.3. The van der Waals surface area contributed by atoms with Crippen LogP contribution in [0.5, 0.6) is 11.5 Å². The molecule has 0 spiro atoms. The second kappa shape index (κ2) is 9.60. The van der Waals surface area contributed by atoms with Gasteiger partial charge >= 0.3 is 5.97 Å². The average Bonchev–Trinajstić information content (AvgIpc) is 3.03. The normalized spacial score (nSPS) is 13.6. The molecule has 0 aliphatic carbocycles. The van der Waals surface area contributed by atoms with Crippen molar-refractivity contribution < 1.29 is 19.0 Å². The predicted octanol–water partition coefficient (Wildman–Crippen LogP) is 4.52. The van der Waals surface area contributed by atoms with Crippen LogP contribution in [-0.4, -0.2) is 19.4 Å². The van der Waals surface area contributed by atoms with E-state index in [-0.39, 0.29) is 5.97 Å². The van der Waals surface area contributed by atoms with Gasteiger partial charge in [0.15, 0.2) is 11.5 Å². The molecule has 0 atom stereocenters. The fourth-order valence-electron chi connectivity index (χ4n) is 2.03. The van der Waals surface area contributed by atoms with Gasteiger partial charge in [-0.05, 0) is 36.5 Å². The highest BCUT2D eigenvalue weighted by Gasteiger charge is 2.11. The molecule has 1 aromatic carbocycles. The van der Waals surface area contributed by atoms with Crippen LogP contribution < -0.4 is 9.47 Å². The third kappa shape index (κ3) is 6.32. The lowest BCUT2D eigenvalue weighted by Gasteiger charge is -2.03. The second-order valence-electron chi connectivity index (χ2n) is 5.90. The number of allylic oxidation sites excluding steroid dienone is 4. The van der Waals surface area contributed by atoms with Crippen LogP contribution in [0.25, 0.3) is 6.08 Å². The van der Waals surface area contributed by atoms with E-state index in [9.17, 15) is 4.79 Å². The first kappa shape index (κ1) is 17.9. The zero-order chi connectivity index (χ0) is 17.2. The van der Waals surface area contributed by atoms with Gasteiger partial charge in [0.25, 0.3) is 0 Å². The molecule has 128 valence electrons. The molecule has 0 N–H and O–H groups in total. The van der Waals surface area contributed by atoms with Gasteiger partial charge < -0.3 is 14.2 Å². The minimum Gasteiger partial charge on any atom is -0.462 e. The van der Waals surface area contributed by atoms with Crippen molar-refractivity contribution in [2.75, 3.05) is 13.4 Å². The van der Waals surface area contributed by atoms with Crippen LogP contribution in [0.4, 0.5) is 0 Å². The van der Waals surface area contributed by atoms with E-state index in [2.05, 4.69) is 12.2 Å². The monoisotopic (exact) mass is 328 g/mol. The van der Waals surface area contributed by atoms with Gasteiger partial charge in [-0.15, -0.1) is 0 Å². The summed E-state index contributed by atoms with van der Waals surface area (Å²) >= 11 is 0. The minimum atomic E-state index is -0.295. The molecule has 4 heteroatoms. The van der Waals surface area contributed by atoms with Gasteiger partial charge in [-0.3, -0.25) is 0 Å². The second-order valence-corrected chi connectivity index (χ2v) is 5.90. The summed E-state index contributed by atoms with van der Waals surface area (Å²) in [5.74, 6) is 1.66. The highest BCUT2D eigenvalue weighted by Crippen LogP contribution is 2.32. The number of hydrogen-bond acceptors (Lipinski definition) is 4. The highest BCUT2D eigenvalue weighted by atomic mass is 16.7. The molecule has 0 radical (unpaired) electrons. The molecule has 24 heavy (non-hydrogen) atoms. The number of hydrogen-bond donors (Lipinski definition) is 0. The minimum absolute atomic E-state index is 0.295. The molecule has 0 saturated heterocycles. The van der Waals surface area contributed by atoms with Crippen LogP contribution in [0, 0.1) is 5.92 Å². The number of carbonyl (C=O) groups excluding carboxylic acids is 1. The van der Waals surface area contributed by atoms with Crippen LogP contribution in [0.1, 0.15) is 32.3 Å². The Morgan fingerprint density at radius 2 is 1.96 bits per heavy atom. The molecule has 1 aliphatic heterocycles. The summed E-state index contributed by atoms with van der Waals surface area (Å²) in [5, 5.41) is 0. The van der Waals surface area contributed by atoms with Gasteiger partial charge in [0.1, 0.15) is 0 Å². The number of unbranched alkanes of at least 4 members (excludes halogenated alkanes) is 1. The lowest BCUT2D eigenvalue weighted by molar-refractivity contribution is -0.138. The Bertz CT molecular complexity index is 627. The first-order valence-corrected chi connectivity index (χ1v) is 8.21. The van der Waals surface area contributed by atoms with E-state index in [0.29, 0.717) is 19.3 Å². The van der Waals surface area contributed by atoms with Crippen LogP contribution >= 0.6 is 0 Å². The molecule has 0 aromatic heterocycles. The Balaban J connectivity index is 1.64. The Hall–Kier alpha value is -2.49. The fourth-order valence-corrected chi connectivity index (χ4v) is 2.03. The van der Waals surface area contributed by atoms with Crippen molar-refractivity contribution in [3.63, 3.8) is 0 Å². The highest BCUT2D eigenvalue weighted by molar-refractivity contribution is 5.82. The molecule has 1 heterocycles. The summed E-state index contributed by atoms with van der Waals surface area (Å²) in [7, 11) is 0. The molecule has 0 saturated carbocycles. The number of benzene rings is 1. The first-order valence-electron chi connectivity index (χ1n) is 8.21. The quantitative estimate of drug-likeness (QED) is 0.305. The topological polar surface area (TPSA) is 44.8 Å². The third-order valence-electron chi connectivity index (χ3n) is 3.25. The van der Waals surface area contributed by atoms with Crippen molar-refractivity contribution in [3.8, 4) is 11.5 Å². The van der Waals surface area contributed by atoms with Gasteiger partial charge in [0.05, 0.1) is 6.61 Å². The molecule has 0 unspecified atom stereocenters. The summed E-state index contributed by atoms with van der Waals surface area (Å²) in [6.07, 6.45) is 13.1. The maximum Gasteiger partial charge on any atom is 0.330 e. The molecule has 0 amide bonds. The molecule has 0 fully saturated rings. The van der Waals surface area contributed by atoms with E-state index in [4.69, 9.17) is 14.2 Å². The Morgan fingerprint density at radius 3 is 2.79 bits per heavy atom. The number of esters is 1. The third-order valence-corrected chi connectivity index (χ3v) is 3.25. The number of ether oxygens (including phenoxy) is 3. The first-order chi connectivity index (χ1) is 11.6. The van der Waals surface area contributed by atoms with Crippen molar-refractivity contribution in [1.82, 2.24) is 0 Å². The van der Waals surface area contributed by atoms with E-state index in [1.165, 1.54) is 6.08 Å². The molecule has 0 bridgehead atoms. The summed E-state index contributed by atoms with van der Waals surface area (Å²) in [5.41, 5.74) is 1.09. The number of carbonyl (C=O) groups is 1. The maximum absolute atomic E-state index is 11.3. The van der Waals surface area contributed by atoms with E-state index in [1.807, 2.05) is 44.2 Å². The number of rotatable bonds is 8. The fraction of sp³-hybridized carbons (Fsp3) is 0.350. The van der Waals surface area contributed by atoms with Crippen molar-refractivity contribution in [3.05, 3.63) is 54.1 Å². The van der Waals surface area contributed by atoms with Crippen LogP contribution in [0.2, 0.25) is 0 Å². The molecule has 4 nitrogen and oxygen atoms in total. The van der Waals surface area contributed by atoms with Crippen molar-refractivity contribution >= 4 is 12.0 Å². The van der Waals surface area contributed by atoms with Crippen molar-refractivity contribution in [2.45, 2.75) is 26.7 Å². The summed E-state index contributed by atoms with van der Waals surface area (Å²) in [6, 6.07) is 5.90. The van der Waals surface area contributed by atoms with Crippen LogP contribution in [-0.2, 0) is 9.53 Å². The largest absolute Gasteiger partial charge is 0.462 e. The predicted molar refractivity (Wildman–Crippen MR) is 94.9 cm³/mol. The molecule has 1 aliphatic rings. The van der Waals surface area contributed by atoms with Gasteiger partial charge in [0.2, 0.25) is 6.79 Å². The van der Waals surface area contributed by atoms with Crippen LogP contribution in [0.15, 0.2) is 48.6 Å². The lowest BCUT2D eigenvalue weighted by Crippen LogP contribution is -2.06. The summed E-state index contributed by atoms with van der Waals surface area (Å²) in [6.45, 7) is 4.77. The van der Waals surface area contributed by atoms with Gasteiger partial charge in [-0.1, -0.05) is 50.3 Å². The van der Waals surface area contributed by atoms with Crippen molar-refractivity contribution in [1.29, 1.82) is 0 Å². The SMILES string of the molecule is CC(C)COC(=O)C=CC=CCCC=Cc1ccc2c(c1)OCO2. The van der Waals surface area contributed by atoms with Gasteiger partial charge in [-0.2, -0.15) is 0 Å². The van der Waals surface area contributed by atoms with Crippen molar-refractivity contribution in [2.24, 2.45) is 5.92 Å². The molecule has 1 aromatic rings. The van der Waals surface area contributed by atoms with E-state index in [1.54, 1.807) is 6.08 Å². The molecular formula is C20H24O4. The van der Waals surface area contributed by atoms with Gasteiger partial charge in [-0.25, -0.2) is 4.79 Å². The van der Waals surface area contributed by atoms with Crippen LogP contribution in [0.3, 0.4) is 0 Å². The summed E-state index contributed by atoms with van der Waals surface area (Å²) < 4.78 is 15.7. The van der Waals surface area contributed by atoms with E-state index in [0.717, 1.165) is 29.9 Å². The number of fused-ring (bicyclic) bond motifs is 1. The maximum atomic E-state index is 11.3. The van der Waals surface area contributed by atoms with Gasteiger partial charge in [0, 0.05) is 6.08 Å².